The Kier molecular flexibility index (Phi) is 3.95. The topological polar surface area (TPSA) is 62.5 Å². The van der Waals surface area contributed by atoms with Crippen molar-refractivity contribution in [3.05, 3.63) is 65.4 Å². The second kappa shape index (κ2) is 5.94. The highest BCUT2D eigenvalue weighted by atomic mass is 32.2. The highest BCUT2D eigenvalue weighted by molar-refractivity contribution is 7.90. The summed E-state index contributed by atoms with van der Waals surface area (Å²) in [5, 5.41) is 11.6. The first-order valence-corrected chi connectivity index (χ1v) is 10.0. The quantitative estimate of drug-likeness (QED) is 0.770. The van der Waals surface area contributed by atoms with E-state index in [1.807, 2.05) is 38.1 Å². The van der Waals surface area contributed by atoms with Gasteiger partial charge in [0.15, 0.2) is 0 Å². The van der Waals surface area contributed by atoms with Gasteiger partial charge in [-0.3, -0.25) is 0 Å². The number of hydrogen-bond acceptors (Lipinski definition) is 4. The second-order valence-corrected chi connectivity index (χ2v) is 9.00. The lowest BCUT2D eigenvalue weighted by Crippen LogP contribution is -2.37. The number of benzene rings is 2. The third-order valence-electron chi connectivity index (χ3n) is 5.26. The summed E-state index contributed by atoms with van der Waals surface area (Å²) >= 11 is 0. The molecule has 1 aromatic heterocycles. The molecule has 0 aliphatic heterocycles. The van der Waals surface area contributed by atoms with Crippen molar-refractivity contribution in [2.45, 2.75) is 30.4 Å². The predicted octanol–water partition coefficient (Wildman–Crippen LogP) is 2.71. The highest BCUT2D eigenvalue weighted by Crippen LogP contribution is 2.39. The summed E-state index contributed by atoms with van der Waals surface area (Å²) in [5.74, 6) is 0. The van der Waals surface area contributed by atoms with Gasteiger partial charge in [0.05, 0.1) is 16.5 Å². The lowest BCUT2D eigenvalue weighted by atomic mass is 9.86. The fraction of sp³-hybridized carbons (Fsp3) is 0.300. The molecular weight excluding hydrogens is 348 g/mol. The molecule has 5 nitrogen and oxygen atoms in total. The van der Waals surface area contributed by atoms with Gasteiger partial charge in [0.1, 0.15) is 0 Å². The number of nitrogens with zero attached hydrogens (tertiary/aromatic N) is 2. The van der Waals surface area contributed by atoms with Crippen LogP contribution in [0.4, 0.5) is 0 Å². The molecule has 0 bridgehead atoms. The van der Waals surface area contributed by atoms with Crippen LogP contribution in [0.1, 0.15) is 22.8 Å². The molecule has 1 aliphatic carbocycles. The maximum Gasteiger partial charge on any atom is 0.268 e. The van der Waals surface area contributed by atoms with Gasteiger partial charge >= 0.3 is 0 Å². The SMILES string of the molecule is Cc1ccc(S(=O)(=O)n2cc3c4c(cccc42)[C@@H](O)[C@H](N(C)C)C3)cc1. The van der Waals surface area contributed by atoms with Crippen LogP contribution in [0.15, 0.2) is 53.6 Å². The summed E-state index contributed by atoms with van der Waals surface area (Å²) in [4.78, 5) is 2.25. The number of aromatic nitrogens is 1. The maximum absolute atomic E-state index is 13.2. The van der Waals surface area contributed by atoms with E-state index < -0.39 is 16.1 Å². The molecule has 1 heterocycles. The van der Waals surface area contributed by atoms with E-state index in [1.165, 1.54) is 3.97 Å². The molecule has 0 radical (unpaired) electrons. The molecule has 1 N–H and O–H groups in total. The van der Waals surface area contributed by atoms with E-state index in [9.17, 15) is 13.5 Å². The summed E-state index contributed by atoms with van der Waals surface area (Å²) < 4.78 is 27.8. The van der Waals surface area contributed by atoms with E-state index in [4.69, 9.17) is 0 Å². The lowest BCUT2D eigenvalue weighted by molar-refractivity contribution is 0.0740. The summed E-state index contributed by atoms with van der Waals surface area (Å²) in [6, 6.07) is 12.3. The lowest BCUT2D eigenvalue weighted by Gasteiger charge is -2.33. The largest absolute Gasteiger partial charge is 0.387 e. The van der Waals surface area contributed by atoms with E-state index in [0.717, 1.165) is 22.1 Å². The highest BCUT2D eigenvalue weighted by Gasteiger charge is 2.33. The van der Waals surface area contributed by atoms with Crippen LogP contribution < -0.4 is 0 Å². The Balaban J connectivity index is 1.94. The van der Waals surface area contributed by atoms with Gasteiger partial charge in [-0.2, -0.15) is 0 Å². The van der Waals surface area contributed by atoms with E-state index in [0.29, 0.717) is 11.9 Å². The molecule has 1 aliphatic rings. The van der Waals surface area contributed by atoms with Gasteiger partial charge in [-0.25, -0.2) is 12.4 Å². The summed E-state index contributed by atoms with van der Waals surface area (Å²) in [6.07, 6.45) is 1.68. The van der Waals surface area contributed by atoms with Gasteiger partial charge in [0, 0.05) is 17.6 Å². The molecular formula is C20H22N2O3S. The molecule has 26 heavy (non-hydrogen) atoms. The van der Waals surface area contributed by atoms with E-state index >= 15 is 0 Å². The van der Waals surface area contributed by atoms with Crippen LogP contribution >= 0.6 is 0 Å². The van der Waals surface area contributed by atoms with Gasteiger partial charge < -0.3 is 10.0 Å². The average Bonchev–Trinajstić information content (AvgIpc) is 2.99. The van der Waals surface area contributed by atoms with Crippen LogP contribution in [0.2, 0.25) is 0 Å². The van der Waals surface area contributed by atoms with E-state index in [2.05, 4.69) is 0 Å². The average molecular weight is 370 g/mol. The molecule has 136 valence electrons. The minimum Gasteiger partial charge on any atom is -0.387 e. The molecule has 2 atom stereocenters. The Labute approximate surface area is 153 Å². The van der Waals surface area contributed by atoms with Crippen LogP contribution in [-0.4, -0.2) is 42.5 Å². The summed E-state index contributed by atoms with van der Waals surface area (Å²) in [6.45, 7) is 1.93. The number of aliphatic hydroxyl groups is 1. The first-order chi connectivity index (χ1) is 12.3. The number of aryl methyl sites for hydroxylation is 1. The Morgan fingerprint density at radius 1 is 1.12 bits per heavy atom. The smallest absolute Gasteiger partial charge is 0.268 e. The predicted molar refractivity (Wildman–Crippen MR) is 102 cm³/mol. The molecule has 0 spiro atoms. The van der Waals surface area contributed by atoms with Crippen molar-refractivity contribution in [3.8, 4) is 0 Å². The van der Waals surface area contributed by atoms with Crippen molar-refractivity contribution in [3.63, 3.8) is 0 Å². The first-order valence-electron chi connectivity index (χ1n) is 8.60. The molecule has 0 fully saturated rings. The molecule has 0 unspecified atom stereocenters. The normalized spacial score (nSPS) is 20.0. The van der Waals surface area contributed by atoms with Crippen molar-refractivity contribution < 1.29 is 13.5 Å². The third kappa shape index (κ3) is 2.48. The minimum absolute atomic E-state index is 0.0778. The zero-order chi connectivity index (χ0) is 18.6. The number of hydrogen-bond donors (Lipinski definition) is 1. The van der Waals surface area contributed by atoms with Crippen molar-refractivity contribution in [1.82, 2.24) is 8.87 Å². The standard InChI is InChI=1S/C20H22N2O3S/c1-13-7-9-15(10-8-13)26(24,25)22-12-14-11-18(21(2)3)20(23)16-5-4-6-17(22)19(14)16/h4-10,12,18,20,23H,11H2,1-3H3/t18-,20-/m1/s1. The molecule has 6 heteroatoms. The van der Waals surface area contributed by atoms with Crippen LogP contribution in [0.25, 0.3) is 10.9 Å². The van der Waals surface area contributed by atoms with Gasteiger partial charge in [-0.05, 0) is 56.8 Å². The van der Waals surface area contributed by atoms with Gasteiger partial charge in [-0.15, -0.1) is 0 Å². The summed E-state index contributed by atoms with van der Waals surface area (Å²) in [7, 11) is 0.165. The van der Waals surface area contributed by atoms with Crippen LogP contribution in [0.5, 0.6) is 0 Å². The van der Waals surface area contributed by atoms with E-state index in [-0.39, 0.29) is 10.9 Å². The molecule has 2 aromatic carbocycles. The summed E-state index contributed by atoms with van der Waals surface area (Å²) in [5.41, 5.74) is 3.38. The fourth-order valence-corrected chi connectivity index (χ4v) is 5.18. The fourth-order valence-electron chi connectivity index (χ4n) is 3.80. The zero-order valence-electron chi connectivity index (χ0n) is 15.0. The third-order valence-corrected chi connectivity index (χ3v) is 6.95. The number of likely N-dealkylation sites (N-methyl/N-ethyl adjacent to an activating group) is 1. The molecule has 0 amide bonds. The molecule has 4 rings (SSSR count). The number of aliphatic hydroxyl groups excluding tert-OH is 1. The maximum atomic E-state index is 13.2. The van der Waals surface area contributed by atoms with Gasteiger partial charge in [0.25, 0.3) is 10.0 Å². The Hall–Kier alpha value is -2.15. The molecule has 0 saturated carbocycles. The van der Waals surface area contributed by atoms with E-state index in [1.54, 1.807) is 36.5 Å². The van der Waals surface area contributed by atoms with Crippen molar-refractivity contribution in [2.75, 3.05) is 14.1 Å². The molecule has 3 aromatic rings. The van der Waals surface area contributed by atoms with Crippen molar-refractivity contribution >= 4 is 20.9 Å². The minimum atomic E-state index is -3.69. The van der Waals surface area contributed by atoms with Crippen LogP contribution in [-0.2, 0) is 16.4 Å². The molecule has 0 saturated heterocycles. The van der Waals surface area contributed by atoms with Gasteiger partial charge in [-0.1, -0.05) is 29.8 Å². The zero-order valence-corrected chi connectivity index (χ0v) is 15.9. The number of rotatable bonds is 3. The Morgan fingerprint density at radius 2 is 1.81 bits per heavy atom. The second-order valence-electron chi connectivity index (χ2n) is 7.19. The van der Waals surface area contributed by atoms with Gasteiger partial charge in [0.2, 0.25) is 0 Å². The first kappa shape index (κ1) is 17.3. The Morgan fingerprint density at radius 3 is 2.46 bits per heavy atom. The van der Waals surface area contributed by atoms with Crippen LogP contribution in [0.3, 0.4) is 0 Å². The van der Waals surface area contributed by atoms with Crippen LogP contribution in [0, 0.1) is 6.92 Å². The van der Waals surface area contributed by atoms with Crippen molar-refractivity contribution in [1.29, 1.82) is 0 Å². The Bertz CT molecular complexity index is 1080. The van der Waals surface area contributed by atoms with Crippen molar-refractivity contribution in [2.24, 2.45) is 0 Å². The monoisotopic (exact) mass is 370 g/mol.